The fraction of sp³-hybridized carbons (Fsp3) is 0.364. The second-order valence-electron chi connectivity index (χ2n) is 7.87. The average Bonchev–Trinajstić information content (AvgIpc) is 3.51. The first-order valence-corrected chi connectivity index (χ1v) is 10.0. The topological polar surface area (TPSA) is 67.9 Å². The lowest BCUT2D eigenvalue weighted by molar-refractivity contribution is -0.208. The Bertz CT molecular complexity index is 1050. The summed E-state index contributed by atoms with van der Waals surface area (Å²) in [6.07, 6.45) is -5.29. The highest BCUT2D eigenvalue weighted by molar-refractivity contribution is 5.98. The van der Waals surface area contributed by atoms with Crippen LogP contribution in [-0.4, -0.2) is 29.5 Å². The van der Waals surface area contributed by atoms with E-state index in [9.17, 15) is 26.7 Å². The van der Waals surface area contributed by atoms with Crippen LogP contribution in [0.5, 0.6) is 0 Å². The summed E-state index contributed by atoms with van der Waals surface area (Å²) in [4.78, 5) is 13.3. The summed E-state index contributed by atoms with van der Waals surface area (Å²) in [7, 11) is 0. The monoisotopic (exact) mass is 453 g/mol. The predicted molar refractivity (Wildman–Crippen MR) is 105 cm³/mol. The highest BCUT2D eigenvalue weighted by Gasteiger charge is 2.72. The van der Waals surface area contributed by atoms with E-state index in [-0.39, 0.29) is 32.2 Å². The molecule has 32 heavy (non-hydrogen) atoms. The van der Waals surface area contributed by atoms with Gasteiger partial charge in [-0.15, -0.1) is 5.10 Å². The number of amides is 1. The number of nitrogens with zero attached hydrogens (tertiary/aromatic N) is 2. The third kappa shape index (κ3) is 3.52. The third-order valence-corrected chi connectivity index (χ3v) is 5.80. The van der Waals surface area contributed by atoms with Crippen LogP contribution in [0.2, 0.25) is 0 Å². The molecule has 0 saturated heterocycles. The molecule has 1 aliphatic carbocycles. The fourth-order valence-corrected chi connectivity index (χ4v) is 3.84. The quantitative estimate of drug-likeness (QED) is 0.659. The zero-order chi connectivity index (χ0) is 23.1. The summed E-state index contributed by atoms with van der Waals surface area (Å²) >= 11 is 0. The molecule has 170 valence electrons. The molecular weight excluding hydrogens is 433 g/mol. The molecule has 1 amide bonds. The molecule has 10 heteroatoms. The minimum Gasteiger partial charge on any atom is -0.443 e. The van der Waals surface area contributed by atoms with E-state index in [1.165, 1.54) is 0 Å². The summed E-state index contributed by atoms with van der Waals surface area (Å²) in [6, 6.07) is 10.6. The number of halogens is 5. The van der Waals surface area contributed by atoms with E-state index in [0.29, 0.717) is 10.6 Å². The first-order chi connectivity index (χ1) is 15.1. The SMILES string of the molecule is NCCCC1(c2ccccc2)OC(c2cc(F)ccc2F)=NN1C(=O)C1(C(F)(F)F)CC1. The first kappa shape index (κ1) is 22.2. The standard InChI is InChI=1S/C22H20F5N3O2/c23-15-7-8-17(24)16(13-15)18-29-30(19(31)20(10-11-20)22(25,26)27)21(32-18,9-4-12-28)14-5-2-1-3-6-14/h1-3,5-8,13H,4,9-12,28H2. The van der Waals surface area contributed by atoms with Crippen LogP contribution in [0.1, 0.15) is 36.8 Å². The highest BCUT2D eigenvalue weighted by atomic mass is 19.4. The van der Waals surface area contributed by atoms with E-state index >= 15 is 0 Å². The summed E-state index contributed by atoms with van der Waals surface area (Å²) < 4.78 is 75.6. The van der Waals surface area contributed by atoms with Gasteiger partial charge in [0.1, 0.15) is 17.0 Å². The van der Waals surface area contributed by atoms with Gasteiger partial charge in [0.05, 0.1) is 5.56 Å². The molecule has 1 saturated carbocycles. The molecule has 1 aliphatic heterocycles. The van der Waals surface area contributed by atoms with Crippen LogP contribution in [0.25, 0.3) is 0 Å². The lowest BCUT2D eigenvalue weighted by Gasteiger charge is -2.37. The van der Waals surface area contributed by atoms with Crippen molar-refractivity contribution >= 4 is 11.8 Å². The number of nitrogens with two attached hydrogens (primary N) is 1. The van der Waals surface area contributed by atoms with Crippen molar-refractivity contribution in [1.29, 1.82) is 0 Å². The van der Waals surface area contributed by atoms with Gasteiger partial charge in [0.25, 0.3) is 5.91 Å². The minimum atomic E-state index is -4.79. The smallest absolute Gasteiger partial charge is 0.403 e. The number of carbonyl (C=O) groups excluding carboxylic acids is 1. The first-order valence-electron chi connectivity index (χ1n) is 10.0. The van der Waals surface area contributed by atoms with Crippen molar-refractivity contribution in [3.63, 3.8) is 0 Å². The maximum absolute atomic E-state index is 14.5. The second kappa shape index (κ2) is 7.84. The fourth-order valence-electron chi connectivity index (χ4n) is 3.84. The number of hydrogen-bond acceptors (Lipinski definition) is 4. The Balaban J connectivity index is 1.87. The number of hydrogen-bond donors (Lipinski definition) is 1. The van der Waals surface area contributed by atoms with Crippen molar-refractivity contribution in [2.45, 2.75) is 37.6 Å². The van der Waals surface area contributed by atoms with Crippen LogP contribution in [0.15, 0.2) is 53.6 Å². The average molecular weight is 453 g/mol. The van der Waals surface area contributed by atoms with Crippen LogP contribution < -0.4 is 5.73 Å². The van der Waals surface area contributed by atoms with Crippen molar-refractivity contribution in [2.75, 3.05) is 6.54 Å². The lowest BCUT2D eigenvalue weighted by Crippen LogP contribution is -2.51. The van der Waals surface area contributed by atoms with E-state index in [1.807, 2.05) is 0 Å². The zero-order valence-electron chi connectivity index (χ0n) is 16.8. The number of carbonyl (C=O) groups is 1. The largest absolute Gasteiger partial charge is 0.443 e. The molecule has 1 heterocycles. The van der Waals surface area contributed by atoms with Crippen LogP contribution >= 0.6 is 0 Å². The lowest BCUT2D eigenvalue weighted by atomic mass is 9.94. The number of rotatable bonds is 6. The number of hydrazone groups is 1. The second-order valence-corrected chi connectivity index (χ2v) is 7.87. The summed E-state index contributed by atoms with van der Waals surface area (Å²) in [5.41, 5.74) is 1.21. The molecule has 0 bridgehead atoms. The molecule has 2 aliphatic rings. The number of ether oxygens (including phenoxy) is 1. The minimum absolute atomic E-state index is 0.00285. The van der Waals surface area contributed by atoms with Gasteiger partial charge >= 0.3 is 6.18 Å². The molecule has 4 rings (SSSR count). The van der Waals surface area contributed by atoms with Crippen molar-refractivity contribution in [3.05, 3.63) is 71.3 Å². The molecule has 2 aromatic carbocycles. The van der Waals surface area contributed by atoms with Crippen LogP contribution in [0, 0.1) is 17.0 Å². The molecule has 5 nitrogen and oxygen atoms in total. The number of benzene rings is 2. The van der Waals surface area contributed by atoms with Crippen molar-refractivity contribution in [2.24, 2.45) is 16.3 Å². The van der Waals surface area contributed by atoms with Gasteiger partial charge in [0.2, 0.25) is 11.6 Å². The van der Waals surface area contributed by atoms with Gasteiger partial charge in [0, 0.05) is 12.0 Å². The van der Waals surface area contributed by atoms with Gasteiger partial charge in [-0.25, -0.2) is 8.78 Å². The molecular formula is C22H20F5N3O2. The van der Waals surface area contributed by atoms with Gasteiger partial charge < -0.3 is 10.5 Å². The van der Waals surface area contributed by atoms with E-state index in [1.54, 1.807) is 30.3 Å². The summed E-state index contributed by atoms with van der Waals surface area (Å²) in [5, 5.41) is 4.64. The maximum atomic E-state index is 14.5. The van der Waals surface area contributed by atoms with E-state index in [4.69, 9.17) is 10.5 Å². The molecule has 1 atom stereocenters. The molecule has 2 aromatic rings. The molecule has 0 radical (unpaired) electrons. The Hall–Kier alpha value is -3.01. The Labute approximate surface area is 180 Å². The van der Waals surface area contributed by atoms with Gasteiger partial charge in [-0.05, 0) is 44.0 Å². The zero-order valence-corrected chi connectivity index (χ0v) is 16.8. The molecule has 1 fully saturated rings. The third-order valence-electron chi connectivity index (χ3n) is 5.80. The molecule has 2 N–H and O–H groups in total. The highest BCUT2D eigenvalue weighted by Crippen LogP contribution is 2.60. The maximum Gasteiger partial charge on any atom is 0.403 e. The van der Waals surface area contributed by atoms with Crippen LogP contribution in [0.3, 0.4) is 0 Å². The Morgan fingerprint density at radius 3 is 2.41 bits per heavy atom. The van der Waals surface area contributed by atoms with Crippen LogP contribution in [0.4, 0.5) is 22.0 Å². The molecule has 0 aromatic heterocycles. The van der Waals surface area contributed by atoms with E-state index in [2.05, 4.69) is 5.10 Å². The normalized spacial score (nSPS) is 21.8. The van der Waals surface area contributed by atoms with Gasteiger partial charge in [-0.3, -0.25) is 4.79 Å². The Kier molecular flexibility index (Phi) is 5.44. The molecule has 0 spiro atoms. The number of alkyl halides is 3. The summed E-state index contributed by atoms with van der Waals surface area (Å²) in [5.74, 6) is -3.46. The Morgan fingerprint density at radius 2 is 1.81 bits per heavy atom. The van der Waals surface area contributed by atoms with E-state index < -0.39 is 46.3 Å². The Morgan fingerprint density at radius 1 is 1.12 bits per heavy atom. The van der Waals surface area contributed by atoms with E-state index in [0.717, 1.165) is 18.2 Å². The van der Waals surface area contributed by atoms with Gasteiger partial charge in [0.15, 0.2) is 0 Å². The van der Waals surface area contributed by atoms with Gasteiger partial charge in [-0.2, -0.15) is 18.2 Å². The van der Waals surface area contributed by atoms with Gasteiger partial charge in [-0.1, -0.05) is 30.3 Å². The van der Waals surface area contributed by atoms with Crippen LogP contribution in [-0.2, 0) is 15.3 Å². The molecule has 1 unspecified atom stereocenters. The van der Waals surface area contributed by atoms with Crippen molar-refractivity contribution < 1.29 is 31.5 Å². The summed E-state index contributed by atoms with van der Waals surface area (Å²) in [6.45, 7) is 0.161. The van der Waals surface area contributed by atoms with Crippen molar-refractivity contribution in [1.82, 2.24) is 5.01 Å². The predicted octanol–water partition coefficient (Wildman–Crippen LogP) is 4.42. The van der Waals surface area contributed by atoms with Crippen molar-refractivity contribution in [3.8, 4) is 0 Å².